The number of carbonyl (C=O) groups excluding carboxylic acids is 2. The Balaban J connectivity index is 2.08. The van der Waals surface area contributed by atoms with Crippen LogP contribution in [0, 0.1) is 12.8 Å². The van der Waals surface area contributed by atoms with Crippen LogP contribution in [-0.4, -0.2) is 17.5 Å². The number of ether oxygens (including phenoxy) is 1. The third kappa shape index (κ3) is 2.53. The zero-order valence-electron chi connectivity index (χ0n) is 10.8. The van der Waals surface area contributed by atoms with Gasteiger partial charge in [0.15, 0.2) is 0 Å². The summed E-state index contributed by atoms with van der Waals surface area (Å²) >= 11 is 0. The summed E-state index contributed by atoms with van der Waals surface area (Å²) in [4.78, 5) is 23.4. The van der Waals surface area contributed by atoms with Crippen LogP contribution in [-0.2, 0) is 14.3 Å². The zero-order chi connectivity index (χ0) is 13.3. The average molecular weight is 247 g/mol. The van der Waals surface area contributed by atoms with Crippen molar-refractivity contribution in [2.24, 2.45) is 5.92 Å². The second kappa shape index (κ2) is 4.44. The maximum atomic E-state index is 12.1. The predicted octanol–water partition coefficient (Wildman–Crippen LogP) is 2.28. The first kappa shape index (κ1) is 12.6. The fourth-order valence-corrected chi connectivity index (χ4v) is 2.09. The molecule has 4 heteroatoms. The number of carbonyl (C=O) groups is 2. The van der Waals surface area contributed by atoms with Gasteiger partial charge in [-0.05, 0) is 32.9 Å². The molecule has 0 bridgehead atoms. The van der Waals surface area contributed by atoms with Crippen molar-refractivity contribution in [3.8, 4) is 0 Å². The van der Waals surface area contributed by atoms with Crippen LogP contribution in [0.5, 0.6) is 0 Å². The van der Waals surface area contributed by atoms with E-state index in [1.165, 1.54) is 0 Å². The van der Waals surface area contributed by atoms with Crippen LogP contribution in [0.1, 0.15) is 25.8 Å². The van der Waals surface area contributed by atoms with Gasteiger partial charge in [-0.3, -0.25) is 9.59 Å². The molecule has 0 unspecified atom stereocenters. The van der Waals surface area contributed by atoms with Crippen LogP contribution < -0.4 is 5.32 Å². The van der Waals surface area contributed by atoms with Crippen molar-refractivity contribution in [3.05, 3.63) is 29.8 Å². The van der Waals surface area contributed by atoms with Crippen LogP contribution in [0.3, 0.4) is 0 Å². The van der Waals surface area contributed by atoms with Gasteiger partial charge in [0.2, 0.25) is 5.91 Å². The normalized spacial score (nSPS) is 21.5. The van der Waals surface area contributed by atoms with Gasteiger partial charge in [0.05, 0.1) is 12.3 Å². The van der Waals surface area contributed by atoms with Crippen LogP contribution >= 0.6 is 0 Å². The molecule has 1 aromatic carbocycles. The summed E-state index contributed by atoms with van der Waals surface area (Å²) in [7, 11) is 0. The van der Waals surface area contributed by atoms with E-state index in [1.54, 1.807) is 13.8 Å². The van der Waals surface area contributed by atoms with Gasteiger partial charge in [0.25, 0.3) is 0 Å². The van der Waals surface area contributed by atoms with E-state index >= 15 is 0 Å². The highest BCUT2D eigenvalue weighted by Crippen LogP contribution is 2.33. The second-order valence-corrected chi connectivity index (χ2v) is 5.19. The zero-order valence-corrected chi connectivity index (χ0v) is 10.8. The number of aryl methyl sites for hydroxylation is 1. The molecular formula is C14H17NO3. The maximum Gasteiger partial charge on any atom is 0.307 e. The van der Waals surface area contributed by atoms with Crippen molar-refractivity contribution in [2.45, 2.75) is 32.8 Å². The fourth-order valence-electron chi connectivity index (χ4n) is 2.09. The molecule has 1 fully saturated rings. The molecular weight excluding hydrogens is 230 g/mol. The minimum atomic E-state index is -0.730. The first-order valence-corrected chi connectivity index (χ1v) is 5.98. The molecule has 1 saturated heterocycles. The molecule has 96 valence electrons. The Morgan fingerprint density at radius 1 is 1.33 bits per heavy atom. The first-order valence-electron chi connectivity index (χ1n) is 5.98. The SMILES string of the molecule is Cc1ccc(NC(=O)[C@H]2CC(=O)OC2(C)C)cc1. The molecule has 0 radical (unpaired) electrons. The number of anilines is 1. The van der Waals surface area contributed by atoms with Gasteiger partial charge in [0, 0.05) is 5.69 Å². The highest BCUT2D eigenvalue weighted by Gasteiger charge is 2.46. The molecule has 0 spiro atoms. The largest absolute Gasteiger partial charge is 0.459 e. The number of nitrogens with one attached hydrogen (secondary N) is 1. The number of hydrogen-bond acceptors (Lipinski definition) is 3. The summed E-state index contributed by atoms with van der Waals surface area (Å²) < 4.78 is 5.14. The Hall–Kier alpha value is -1.84. The van der Waals surface area contributed by atoms with Gasteiger partial charge in [-0.25, -0.2) is 0 Å². The van der Waals surface area contributed by atoms with E-state index in [4.69, 9.17) is 4.74 Å². The molecule has 1 amide bonds. The van der Waals surface area contributed by atoms with Crippen molar-refractivity contribution in [2.75, 3.05) is 5.32 Å². The molecule has 1 aliphatic heterocycles. The number of benzene rings is 1. The van der Waals surface area contributed by atoms with E-state index in [1.807, 2.05) is 31.2 Å². The van der Waals surface area contributed by atoms with Crippen molar-refractivity contribution in [3.63, 3.8) is 0 Å². The van der Waals surface area contributed by atoms with Crippen LogP contribution in [0.15, 0.2) is 24.3 Å². The van der Waals surface area contributed by atoms with E-state index in [0.717, 1.165) is 11.3 Å². The van der Waals surface area contributed by atoms with E-state index < -0.39 is 11.5 Å². The van der Waals surface area contributed by atoms with Gasteiger partial charge < -0.3 is 10.1 Å². The highest BCUT2D eigenvalue weighted by atomic mass is 16.6. The Bertz CT molecular complexity index is 476. The molecule has 18 heavy (non-hydrogen) atoms. The number of esters is 1. The van der Waals surface area contributed by atoms with Crippen molar-refractivity contribution < 1.29 is 14.3 Å². The average Bonchev–Trinajstić information content (AvgIpc) is 2.55. The maximum absolute atomic E-state index is 12.1. The fraction of sp³-hybridized carbons (Fsp3) is 0.429. The molecule has 1 aliphatic rings. The van der Waals surface area contributed by atoms with E-state index in [-0.39, 0.29) is 18.3 Å². The minimum Gasteiger partial charge on any atom is -0.459 e. The number of hydrogen-bond donors (Lipinski definition) is 1. The van der Waals surface area contributed by atoms with Gasteiger partial charge in [-0.2, -0.15) is 0 Å². The predicted molar refractivity (Wildman–Crippen MR) is 68.1 cm³/mol. The molecule has 0 saturated carbocycles. The summed E-state index contributed by atoms with van der Waals surface area (Å²) in [6, 6.07) is 7.55. The van der Waals surface area contributed by atoms with E-state index in [0.29, 0.717) is 0 Å². The van der Waals surface area contributed by atoms with E-state index in [2.05, 4.69) is 5.32 Å². The van der Waals surface area contributed by atoms with Crippen LogP contribution in [0.2, 0.25) is 0 Å². The Morgan fingerprint density at radius 2 is 1.94 bits per heavy atom. The topological polar surface area (TPSA) is 55.4 Å². The standard InChI is InChI=1S/C14H17NO3/c1-9-4-6-10(7-5-9)15-13(17)11-8-12(16)18-14(11,2)3/h4-7,11H,8H2,1-3H3,(H,15,17)/t11-/m1/s1. The third-order valence-corrected chi connectivity index (χ3v) is 3.22. The molecule has 1 heterocycles. The smallest absolute Gasteiger partial charge is 0.307 e. The molecule has 2 rings (SSSR count). The Labute approximate surface area is 106 Å². The first-order chi connectivity index (χ1) is 8.38. The molecule has 0 aliphatic carbocycles. The summed E-state index contributed by atoms with van der Waals surface area (Å²) in [6.45, 7) is 5.51. The lowest BCUT2D eigenvalue weighted by molar-refractivity contribution is -0.147. The number of amides is 1. The number of rotatable bonds is 2. The van der Waals surface area contributed by atoms with Crippen molar-refractivity contribution >= 4 is 17.6 Å². The third-order valence-electron chi connectivity index (χ3n) is 3.22. The summed E-state index contributed by atoms with van der Waals surface area (Å²) in [5, 5.41) is 2.82. The van der Waals surface area contributed by atoms with Crippen molar-refractivity contribution in [1.82, 2.24) is 0 Å². The minimum absolute atomic E-state index is 0.144. The summed E-state index contributed by atoms with van der Waals surface area (Å²) in [5.74, 6) is -0.926. The molecule has 1 N–H and O–H groups in total. The second-order valence-electron chi connectivity index (χ2n) is 5.19. The molecule has 0 aromatic heterocycles. The van der Waals surface area contributed by atoms with Crippen LogP contribution in [0.4, 0.5) is 5.69 Å². The highest BCUT2D eigenvalue weighted by molar-refractivity contribution is 5.96. The lowest BCUT2D eigenvalue weighted by Gasteiger charge is -2.23. The van der Waals surface area contributed by atoms with Crippen molar-refractivity contribution in [1.29, 1.82) is 0 Å². The summed E-state index contributed by atoms with van der Waals surface area (Å²) in [5.41, 5.74) is 1.14. The van der Waals surface area contributed by atoms with Crippen LogP contribution in [0.25, 0.3) is 0 Å². The molecule has 1 atom stereocenters. The quantitative estimate of drug-likeness (QED) is 0.816. The molecule has 4 nitrogen and oxygen atoms in total. The van der Waals surface area contributed by atoms with Gasteiger partial charge >= 0.3 is 5.97 Å². The Kier molecular flexibility index (Phi) is 3.11. The van der Waals surface area contributed by atoms with E-state index in [9.17, 15) is 9.59 Å². The summed E-state index contributed by atoms with van der Waals surface area (Å²) in [6.07, 6.45) is 0.144. The monoisotopic (exact) mass is 247 g/mol. The Morgan fingerprint density at radius 3 is 2.44 bits per heavy atom. The van der Waals surface area contributed by atoms with Gasteiger partial charge in [0.1, 0.15) is 5.60 Å². The van der Waals surface area contributed by atoms with Gasteiger partial charge in [-0.15, -0.1) is 0 Å². The lowest BCUT2D eigenvalue weighted by Crippen LogP contribution is -2.36. The number of cyclic esters (lactones) is 1. The van der Waals surface area contributed by atoms with Gasteiger partial charge in [-0.1, -0.05) is 17.7 Å². The lowest BCUT2D eigenvalue weighted by atomic mass is 9.90. The molecule has 1 aromatic rings.